The number of ether oxygens (including phenoxy) is 1. The number of nitrogens with one attached hydrogen (secondary N) is 2. The minimum Gasteiger partial charge on any atom is -0.445 e. The second kappa shape index (κ2) is 9.50. The Kier molecular flexibility index (Phi) is 6.81. The number of alkyl carbamates (subject to hydrolysis) is 1. The fourth-order valence-electron chi connectivity index (χ4n) is 3.16. The van der Waals surface area contributed by atoms with Crippen LogP contribution >= 0.6 is 0 Å². The largest absolute Gasteiger partial charge is 0.445 e. The molecule has 1 amide bonds. The quantitative estimate of drug-likeness (QED) is 0.599. The molecule has 0 saturated carbocycles. The number of aliphatic hydroxyl groups is 2. The number of carbonyl (C=O) groups is 1. The first kappa shape index (κ1) is 19.4. The third kappa shape index (κ3) is 5.53. The molecular weight excluding hydrogens is 344 g/mol. The average molecular weight is 370 g/mol. The highest BCUT2D eigenvalue weighted by Gasteiger charge is 2.20. The molecule has 0 bridgehead atoms. The van der Waals surface area contributed by atoms with Crippen molar-refractivity contribution >= 4 is 6.09 Å². The van der Waals surface area contributed by atoms with E-state index in [1.807, 2.05) is 48.5 Å². The van der Waals surface area contributed by atoms with Gasteiger partial charge in [-0.1, -0.05) is 48.5 Å². The molecule has 1 aliphatic rings. The SMILES string of the molecule is O=C(NCCC(O)C(O)c1ccc2c(c1)CCNC2)OCc1ccccc1. The number of benzene rings is 2. The van der Waals surface area contributed by atoms with Crippen LogP contribution in [0.2, 0.25) is 0 Å². The fourth-order valence-corrected chi connectivity index (χ4v) is 3.16. The van der Waals surface area contributed by atoms with Crippen molar-refractivity contribution in [2.45, 2.75) is 38.2 Å². The molecule has 1 heterocycles. The van der Waals surface area contributed by atoms with Crippen molar-refractivity contribution in [1.29, 1.82) is 0 Å². The second-order valence-electron chi connectivity index (χ2n) is 6.74. The van der Waals surface area contributed by atoms with E-state index in [1.165, 1.54) is 11.1 Å². The zero-order valence-corrected chi connectivity index (χ0v) is 15.2. The van der Waals surface area contributed by atoms with Gasteiger partial charge in [0.1, 0.15) is 12.7 Å². The molecule has 27 heavy (non-hydrogen) atoms. The maximum absolute atomic E-state index is 11.7. The Hall–Kier alpha value is -2.41. The van der Waals surface area contributed by atoms with E-state index >= 15 is 0 Å². The summed E-state index contributed by atoms with van der Waals surface area (Å²) >= 11 is 0. The number of carbonyl (C=O) groups excluding carboxylic acids is 1. The van der Waals surface area contributed by atoms with Crippen LogP contribution < -0.4 is 10.6 Å². The molecule has 2 aromatic carbocycles. The normalized spacial score (nSPS) is 15.5. The molecule has 2 atom stereocenters. The number of hydrogen-bond donors (Lipinski definition) is 4. The first-order chi connectivity index (χ1) is 13.1. The topological polar surface area (TPSA) is 90.8 Å². The van der Waals surface area contributed by atoms with E-state index in [0.29, 0.717) is 5.56 Å². The van der Waals surface area contributed by atoms with Crippen LogP contribution in [-0.4, -0.2) is 35.5 Å². The minimum atomic E-state index is -0.979. The predicted octanol–water partition coefficient (Wildman–Crippen LogP) is 2.04. The monoisotopic (exact) mass is 370 g/mol. The molecule has 1 aliphatic heterocycles. The molecule has 0 fully saturated rings. The standard InChI is InChI=1S/C21H26N2O4/c24-19(9-11-23-21(26)27-14-15-4-2-1-3-5-15)20(25)17-6-7-18-13-22-10-8-16(18)12-17/h1-7,12,19-20,22,24-25H,8-11,13-14H2,(H,23,26). The van der Waals surface area contributed by atoms with Crippen molar-refractivity contribution in [3.63, 3.8) is 0 Å². The smallest absolute Gasteiger partial charge is 0.407 e. The van der Waals surface area contributed by atoms with Crippen LogP contribution in [0, 0.1) is 0 Å². The summed E-state index contributed by atoms with van der Waals surface area (Å²) in [6, 6.07) is 15.2. The minimum absolute atomic E-state index is 0.196. The molecule has 6 nitrogen and oxygen atoms in total. The van der Waals surface area contributed by atoms with Gasteiger partial charge < -0.3 is 25.6 Å². The van der Waals surface area contributed by atoms with Crippen molar-refractivity contribution in [3.05, 3.63) is 70.8 Å². The molecule has 0 spiro atoms. The Morgan fingerprint density at radius 1 is 1.15 bits per heavy atom. The molecule has 4 N–H and O–H groups in total. The van der Waals surface area contributed by atoms with Crippen molar-refractivity contribution < 1.29 is 19.7 Å². The van der Waals surface area contributed by atoms with E-state index in [2.05, 4.69) is 10.6 Å². The van der Waals surface area contributed by atoms with Crippen LogP contribution in [-0.2, 0) is 24.3 Å². The summed E-state index contributed by atoms with van der Waals surface area (Å²) < 4.78 is 5.12. The maximum Gasteiger partial charge on any atom is 0.407 e. The molecule has 0 saturated heterocycles. The van der Waals surface area contributed by atoms with Crippen molar-refractivity contribution in [2.24, 2.45) is 0 Å². The van der Waals surface area contributed by atoms with Crippen LogP contribution in [0.1, 0.15) is 34.8 Å². The summed E-state index contributed by atoms with van der Waals surface area (Å²) in [6.45, 7) is 2.18. The Balaban J connectivity index is 1.42. The molecule has 0 aliphatic carbocycles. The van der Waals surface area contributed by atoms with Gasteiger partial charge in [-0.3, -0.25) is 0 Å². The summed E-state index contributed by atoms with van der Waals surface area (Å²) in [5.41, 5.74) is 4.05. The van der Waals surface area contributed by atoms with Crippen LogP contribution in [0.5, 0.6) is 0 Å². The van der Waals surface area contributed by atoms with Gasteiger partial charge in [-0.15, -0.1) is 0 Å². The third-order valence-electron chi connectivity index (χ3n) is 4.75. The lowest BCUT2D eigenvalue weighted by atomic mass is 9.94. The molecule has 0 aromatic heterocycles. The first-order valence-corrected chi connectivity index (χ1v) is 9.26. The number of aliphatic hydroxyl groups excluding tert-OH is 2. The molecule has 6 heteroatoms. The van der Waals surface area contributed by atoms with Crippen molar-refractivity contribution in [3.8, 4) is 0 Å². The molecule has 2 unspecified atom stereocenters. The molecule has 0 radical (unpaired) electrons. The Labute approximate surface area is 159 Å². The number of amides is 1. The maximum atomic E-state index is 11.7. The van der Waals surface area contributed by atoms with Gasteiger partial charge in [0.25, 0.3) is 0 Å². The summed E-state index contributed by atoms with van der Waals surface area (Å²) in [4.78, 5) is 11.7. The van der Waals surface area contributed by atoms with Gasteiger partial charge in [-0.05, 0) is 41.6 Å². The van der Waals surface area contributed by atoms with E-state index in [1.54, 1.807) is 0 Å². The van der Waals surface area contributed by atoms with Gasteiger partial charge in [0, 0.05) is 13.1 Å². The lowest BCUT2D eigenvalue weighted by Gasteiger charge is -2.22. The predicted molar refractivity (Wildman–Crippen MR) is 102 cm³/mol. The average Bonchev–Trinajstić information content (AvgIpc) is 2.72. The number of rotatable bonds is 7. The molecule has 2 aromatic rings. The van der Waals surface area contributed by atoms with Crippen LogP contribution in [0.3, 0.4) is 0 Å². The van der Waals surface area contributed by atoms with Gasteiger partial charge in [0.15, 0.2) is 0 Å². The second-order valence-corrected chi connectivity index (χ2v) is 6.74. The summed E-state index contributed by atoms with van der Waals surface area (Å²) in [6.07, 6.45) is -1.32. The Morgan fingerprint density at radius 3 is 2.78 bits per heavy atom. The fraction of sp³-hybridized carbons (Fsp3) is 0.381. The number of fused-ring (bicyclic) bond motifs is 1. The highest BCUT2D eigenvalue weighted by atomic mass is 16.5. The lowest BCUT2D eigenvalue weighted by molar-refractivity contribution is 0.0136. The van der Waals surface area contributed by atoms with Gasteiger partial charge in [0.2, 0.25) is 0 Å². The zero-order chi connectivity index (χ0) is 19.1. The summed E-state index contributed by atoms with van der Waals surface area (Å²) in [7, 11) is 0. The first-order valence-electron chi connectivity index (χ1n) is 9.26. The van der Waals surface area contributed by atoms with Crippen molar-refractivity contribution in [2.75, 3.05) is 13.1 Å². The Bertz CT molecular complexity index is 751. The molecular formula is C21H26N2O4. The van der Waals surface area contributed by atoms with Gasteiger partial charge >= 0.3 is 6.09 Å². The number of hydrogen-bond acceptors (Lipinski definition) is 5. The molecule has 3 rings (SSSR count). The summed E-state index contributed by atoms with van der Waals surface area (Å²) in [5.74, 6) is 0. The van der Waals surface area contributed by atoms with E-state index in [0.717, 1.165) is 25.1 Å². The molecule has 144 valence electrons. The Morgan fingerprint density at radius 2 is 1.96 bits per heavy atom. The van der Waals surface area contributed by atoms with E-state index in [9.17, 15) is 15.0 Å². The lowest BCUT2D eigenvalue weighted by Crippen LogP contribution is -2.30. The highest BCUT2D eigenvalue weighted by molar-refractivity contribution is 5.67. The van der Waals surface area contributed by atoms with Crippen LogP contribution in [0.4, 0.5) is 4.79 Å². The van der Waals surface area contributed by atoms with E-state index in [4.69, 9.17) is 4.74 Å². The van der Waals surface area contributed by atoms with Gasteiger partial charge in [-0.2, -0.15) is 0 Å². The summed E-state index contributed by atoms with van der Waals surface area (Å²) in [5, 5.41) is 26.5. The zero-order valence-electron chi connectivity index (χ0n) is 15.2. The van der Waals surface area contributed by atoms with Gasteiger partial charge in [0.05, 0.1) is 6.10 Å². The van der Waals surface area contributed by atoms with E-state index in [-0.39, 0.29) is 19.6 Å². The third-order valence-corrected chi connectivity index (χ3v) is 4.75. The van der Waals surface area contributed by atoms with Gasteiger partial charge in [-0.25, -0.2) is 4.79 Å². The van der Waals surface area contributed by atoms with Crippen LogP contribution in [0.25, 0.3) is 0 Å². The highest BCUT2D eigenvalue weighted by Crippen LogP contribution is 2.23. The van der Waals surface area contributed by atoms with Crippen LogP contribution in [0.15, 0.2) is 48.5 Å². The van der Waals surface area contributed by atoms with E-state index < -0.39 is 18.3 Å². The van der Waals surface area contributed by atoms with Crippen molar-refractivity contribution in [1.82, 2.24) is 10.6 Å².